The Bertz CT molecular complexity index is 695. The van der Waals surface area contributed by atoms with Gasteiger partial charge in [-0.15, -0.1) is 0 Å². The third-order valence-corrected chi connectivity index (χ3v) is 4.31. The summed E-state index contributed by atoms with van der Waals surface area (Å²) in [5, 5.41) is 3.80. The van der Waals surface area contributed by atoms with Crippen molar-refractivity contribution in [3.63, 3.8) is 0 Å². The van der Waals surface area contributed by atoms with Crippen LogP contribution in [0.1, 0.15) is 19.2 Å². The minimum Gasteiger partial charge on any atom is -0.340 e. The maximum absolute atomic E-state index is 13.7. The minimum atomic E-state index is -0.394. The van der Waals surface area contributed by atoms with E-state index in [1.54, 1.807) is 18.2 Å². The minimum absolute atomic E-state index is 0.0939. The number of aromatic nitrogens is 2. The molecular formula is C17H21FN4O2. The molecule has 2 aromatic rings. The largest absolute Gasteiger partial charge is 0.340 e. The molecule has 1 aliphatic rings. The first-order chi connectivity index (χ1) is 11.7. The van der Waals surface area contributed by atoms with Crippen LogP contribution in [0.2, 0.25) is 0 Å². The van der Waals surface area contributed by atoms with E-state index in [4.69, 9.17) is 4.52 Å². The van der Waals surface area contributed by atoms with E-state index in [-0.39, 0.29) is 11.7 Å². The van der Waals surface area contributed by atoms with Gasteiger partial charge in [0.25, 0.3) is 0 Å². The molecule has 1 aliphatic heterocycles. The molecule has 2 heterocycles. The smallest absolute Gasteiger partial charge is 0.227 e. The molecule has 1 aromatic carbocycles. The third kappa shape index (κ3) is 3.79. The van der Waals surface area contributed by atoms with Crippen molar-refractivity contribution < 1.29 is 13.7 Å². The number of carbonyl (C=O) groups is 1. The molecule has 0 unspecified atom stereocenters. The van der Waals surface area contributed by atoms with Crippen molar-refractivity contribution in [3.8, 4) is 11.4 Å². The standard InChI is InChI=1S/C17H21FN4O2/c1-2-21-9-11-22(12-10-21)16(23)8-7-15-19-17(20-24-15)13-5-3-4-6-14(13)18/h3-6H,2,7-12H2,1H3. The van der Waals surface area contributed by atoms with Gasteiger partial charge in [0.05, 0.1) is 5.56 Å². The first-order valence-corrected chi connectivity index (χ1v) is 8.25. The summed E-state index contributed by atoms with van der Waals surface area (Å²) < 4.78 is 18.9. The Hall–Kier alpha value is -2.28. The number of carbonyl (C=O) groups excluding carboxylic acids is 1. The van der Waals surface area contributed by atoms with Crippen molar-refractivity contribution in [2.75, 3.05) is 32.7 Å². The van der Waals surface area contributed by atoms with Gasteiger partial charge in [0.1, 0.15) is 5.82 Å². The number of halogens is 1. The van der Waals surface area contributed by atoms with Gasteiger partial charge in [0, 0.05) is 39.0 Å². The van der Waals surface area contributed by atoms with E-state index in [0.29, 0.717) is 24.3 Å². The first-order valence-electron chi connectivity index (χ1n) is 8.25. The van der Waals surface area contributed by atoms with Crippen molar-refractivity contribution in [1.29, 1.82) is 0 Å². The van der Waals surface area contributed by atoms with Crippen LogP contribution in [0.25, 0.3) is 11.4 Å². The summed E-state index contributed by atoms with van der Waals surface area (Å²) >= 11 is 0. The zero-order valence-corrected chi connectivity index (χ0v) is 13.7. The van der Waals surface area contributed by atoms with Gasteiger partial charge >= 0.3 is 0 Å². The molecule has 7 heteroatoms. The highest BCUT2D eigenvalue weighted by molar-refractivity contribution is 5.76. The van der Waals surface area contributed by atoms with Gasteiger partial charge in [0.2, 0.25) is 17.6 Å². The molecule has 0 N–H and O–H groups in total. The van der Waals surface area contributed by atoms with Gasteiger partial charge in [-0.1, -0.05) is 24.2 Å². The molecule has 0 radical (unpaired) electrons. The monoisotopic (exact) mass is 332 g/mol. The number of hydrogen-bond acceptors (Lipinski definition) is 5. The average Bonchev–Trinajstić information content (AvgIpc) is 3.09. The van der Waals surface area contributed by atoms with Crippen LogP contribution in [0.3, 0.4) is 0 Å². The predicted octanol–water partition coefficient (Wildman–Crippen LogP) is 1.97. The van der Waals surface area contributed by atoms with E-state index < -0.39 is 5.82 Å². The Morgan fingerprint density at radius 1 is 1.25 bits per heavy atom. The Kier molecular flexibility index (Phi) is 5.20. The first kappa shape index (κ1) is 16.6. The Morgan fingerprint density at radius 3 is 2.71 bits per heavy atom. The number of nitrogens with zero attached hydrogens (tertiary/aromatic N) is 4. The molecule has 1 amide bonds. The van der Waals surface area contributed by atoms with Crippen LogP contribution in [-0.2, 0) is 11.2 Å². The molecule has 1 saturated heterocycles. The van der Waals surface area contributed by atoms with Gasteiger partial charge in [-0.3, -0.25) is 4.79 Å². The van der Waals surface area contributed by atoms with Crippen molar-refractivity contribution in [2.45, 2.75) is 19.8 Å². The molecule has 24 heavy (non-hydrogen) atoms. The summed E-state index contributed by atoms with van der Waals surface area (Å²) in [7, 11) is 0. The molecule has 128 valence electrons. The summed E-state index contributed by atoms with van der Waals surface area (Å²) in [6, 6.07) is 6.28. The second-order valence-corrected chi connectivity index (χ2v) is 5.81. The number of benzene rings is 1. The van der Waals surface area contributed by atoms with Crippen LogP contribution in [-0.4, -0.2) is 58.6 Å². The van der Waals surface area contributed by atoms with Crippen LogP contribution in [0.4, 0.5) is 4.39 Å². The molecule has 1 fully saturated rings. The van der Waals surface area contributed by atoms with Crippen molar-refractivity contribution in [1.82, 2.24) is 19.9 Å². The van der Waals surface area contributed by atoms with Crippen molar-refractivity contribution in [3.05, 3.63) is 36.0 Å². The molecule has 0 aliphatic carbocycles. The lowest BCUT2D eigenvalue weighted by Crippen LogP contribution is -2.48. The molecule has 0 saturated carbocycles. The molecule has 0 atom stereocenters. The van der Waals surface area contributed by atoms with E-state index >= 15 is 0 Å². The number of likely N-dealkylation sites (N-methyl/N-ethyl adjacent to an activating group) is 1. The van der Waals surface area contributed by atoms with Crippen LogP contribution >= 0.6 is 0 Å². The molecule has 6 nitrogen and oxygen atoms in total. The van der Waals surface area contributed by atoms with E-state index in [9.17, 15) is 9.18 Å². The summed E-state index contributed by atoms with van der Waals surface area (Å²) in [6.45, 7) is 6.50. The topological polar surface area (TPSA) is 62.5 Å². The van der Waals surface area contributed by atoms with E-state index in [1.807, 2.05) is 4.90 Å². The fourth-order valence-corrected chi connectivity index (χ4v) is 2.79. The SMILES string of the molecule is CCN1CCN(C(=O)CCc2nc(-c3ccccc3F)no2)CC1. The highest BCUT2D eigenvalue weighted by Crippen LogP contribution is 2.19. The number of rotatable bonds is 5. The highest BCUT2D eigenvalue weighted by atomic mass is 19.1. The Labute approximate surface area is 140 Å². The Morgan fingerprint density at radius 2 is 2.00 bits per heavy atom. The number of piperazine rings is 1. The average molecular weight is 332 g/mol. The third-order valence-electron chi connectivity index (χ3n) is 4.31. The second kappa shape index (κ2) is 7.53. The van der Waals surface area contributed by atoms with E-state index in [1.165, 1.54) is 6.07 Å². The van der Waals surface area contributed by atoms with Crippen LogP contribution in [0.15, 0.2) is 28.8 Å². The summed E-state index contributed by atoms with van der Waals surface area (Å²) in [6.07, 6.45) is 0.694. The molecule has 0 bridgehead atoms. The second-order valence-electron chi connectivity index (χ2n) is 5.81. The van der Waals surface area contributed by atoms with Gasteiger partial charge in [0.15, 0.2) is 0 Å². The fourth-order valence-electron chi connectivity index (χ4n) is 2.79. The molecule has 0 spiro atoms. The quantitative estimate of drug-likeness (QED) is 0.838. The molecule has 1 aromatic heterocycles. The van der Waals surface area contributed by atoms with Crippen molar-refractivity contribution in [2.24, 2.45) is 0 Å². The summed E-state index contributed by atoms with van der Waals surface area (Å²) in [4.78, 5) is 20.6. The van der Waals surface area contributed by atoms with Crippen LogP contribution in [0.5, 0.6) is 0 Å². The zero-order valence-electron chi connectivity index (χ0n) is 13.7. The fraction of sp³-hybridized carbons (Fsp3) is 0.471. The van der Waals surface area contributed by atoms with Crippen LogP contribution < -0.4 is 0 Å². The molecular weight excluding hydrogens is 311 g/mol. The lowest BCUT2D eigenvalue weighted by Gasteiger charge is -2.34. The summed E-state index contributed by atoms with van der Waals surface area (Å²) in [5.74, 6) is 0.270. The lowest BCUT2D eigenvalue weighted by atomic mass is 10.2. The predicted molar refractivity (Wildman–Crippen MR) is 86.7 cm³/mol. The van der Waals surface area contributed by atoms with Gasteiger partial charge in [-0.2, -0.15) is 4.98 Å². The molecule has 3 rings (SSSR count). The lowest BCUT2D eigenvalue weighted by molar-refractivity contribution is -0.132. The Balaban J connectivity index is 1.54. The number of hydrogen-bond donors (Lipinski definition) is 0. The zero-order chi connectivity index (χ0) is 16.9. The van der Waals surface area contributed by atoms with Gasteiger partial charge in [-0.25, -0.2) is 4.39 Å². The van der Waals surface area contributed by atoms with E-state index in [0.717, 1.165) is 32.7 Å². The van der Waals surface area contributed by atoms with Gasteiger partial charge in [-0.05, 0) is 18.7 Å². The van der Waals surface area contributed by atoms with Crippen LogP contribution in [0, 0.1) is 5.82 Å². The maximum atomic E-state index is 13.7. The van der Waals surface area contributed by atoms with E-state index in [2.05, 4.69) is 22.0 Å². The van der Waals surface area contributed by atoms with Crippen molar-refractivity contribution >= 4 is 5.91 Å². The number of amides is 1. The summed E-state index contributed by atoms with van der Waals surface area (Å²) in [5.41, 5.74) is 0.300. The maximum Gasteiger partial charge on any atom is 0.227 e. The normalized spacial score (nSPS) is 15.7. The highest BCUT2D eigenvalue weighted by Gasteiger charge is 2.21. The van der Waals surface area contributed by atoms with Gasteiger partial charge < -0.3 is 14.3 Å². The number of aryl methyl sites for hydroxylation is 1.